The summed E-state index contributed by atoms with van der Waals surface area (Å²) in [6, 6.07) is 15.7. The van der Waals surface area contributed by atoms with Gasteiger partial charge in [0.05, 0.1) is 0 Å². The number of nitrogens with one attached hydrogen (secondary N) is 1. The second-order valence-corrected chi connectivity index (χ2v) is 7.47. The maximum absolute atomic E-state index is 12.0. The van der Waals surface area contributed by atoms with Gasteiger partial charge in [0.2, 0.25) is 0 Å². The molecule has 0 heterocycles. The van der Waals surface area contributed by atoms with Gasteiger partial charge in [-0.3, -0.25) is 4.79 Å². The molecule has 0 unspecified atom stereocenters. The number of benzene rings is 2. The molecule has 0 fully saturated rings. The molecule has 5 heteroatoms. The Labute approximate surface area is 151 Å². The first-order chi connectivity index (χ1) is 11.2. The molecule has 2 aromatic carbocycles. The second kappa shape index (κ2) is 9.91. The molecule has 23 heavy (non-hydrogen) atoms. The molecule has 2 aromatic rings. The zero-order chi connectivity index (χ0) is 16.5. The van der Waals surface area contributed by atoms with Crippen LogP contribution in [0.3, 0.4) is 0 Å². The average Bonchev–Trinajstić information content (AvgIpc) is 2.57. The Bertz CT molecular complexity index is 614. The summed E-state index contributed by atoms with van der Waals surface area (Å²) >= 11 is 9.43. The van der Waals surface area contributed by atoms with Crippen molar-refractivity contribution in [2.45, 2.75) is 11.5 Å². The summed E-state index contributed by atoms with van der Waals surface area (Å²) in [5, 5.41) is 3.72. The van der Waals surface area contributed by atoms with E-state index in [4.69, 9.17) is 11.6 Å². The molecule has 0 atom stereocenters. The molecule has 0 aliphatic carbocycles. The number of carbonyl (C=O) groups is 1. The number of thioether (sulfide) groups is 2. The minimum Gasteiger partial charge on any atom is -0.351 e. The third-order valence-corrected chi connectivity index (χ3v) is 5.15. The van der Waals surface area contributed by atoms with E-state index in [9.17, 15) is 4.79 Å². The van der Waals surface area contributed by atoms with Gasteiger partial charge in [0, 0.05) is 34.4 Å². The van der Waals surface area contributed by atoms with Crippen LogP contribution in [-0.4, -0.2) is 24.5 Å². The fourth-order valence-corrected chi connectivity index (χ4v) is 3.50. The Balaban J connectivity index is 1.67. The molecule has 122 valence electrons. The van der Waals surface area contributed by atoms with Crippen molar-refractivity contribution in [3.8, 4) is 0 Å². The smallest absolute Gasteiger partial charge is 0.251 e. The van der Waals surface area contributed by atoms with Gasteiger partial charge in [-0.1, -0.05) is 35.9 Å². The Kier molecular flexibility index (Phi) is 7.86. The summed E-state index contributed by atoms with van der Waals surface area (Å²) in [6.45, 7) is 0.670. The molecule has 0 aliphatic rings. The highest BCUT2D eigenvalue weighted by Crippen LogP contribution is 2.15. The third-order valence-electron chi connectivity index (χ3n) is 3.24. The fourth-order valence-electron chi connectivity index (χ4n) is 2.03. The molecule has 0 aromatic heterocycles. The highest BCUT2D eigenvalue weighted by atomic mass is 35.5. The Morgan fingerprint density at radius 1 is 1.00 bits per heavy atom. The first-order valence-electron chi connectivity index (χ1n) is 7.37. The molecule has 1 amide bonds. The lowest BCUT2D eigenvalue weighted by molar-refractivity contribution is 0.0956. The SMILES string of the molecule is CSCc1ccc(C(=O)NCCSCc2ccc(Cl)cc2)cc1. The first-order valence-corrected chi connectivity index (χ1v) is 10.3. The van der Waals surface area contributed by atoms with Crippen LogP contribution in [-0.2, 0) is 11.5 Å². The quantitative estimate of drug-likeness (QED) is 0.677. The number of halogens is 1. The monoisotopic (exact) mass is 365 g/mol. The molecular formula is C18H20ClNOS2. The maximum atomic E-state index is 12.0. The van der Waals surface area contributed by atoms with Crippen LogP contribution in [0.25, 0.3) is 0 Å². The molecule has 0 bridgehead atoms. The summed E-state index contributed by atoms with van der Waals surface area (Å²) in [4.78, 5) is 12.0. The number of hydrogen-bond donors (Lipinski definition) is 1. The van der Waals surface area contributed by atoms with Gasteiger partial charge >= 0.3 is 0 Å². The largest absolute Gasteiger partial charge is 0.351 e. The number of carbonyl (C=O) groups excluding carboxylic acids is 1. The normalized spacial score (nSPS) is 10.5. The van der Waals surface area contributed by atoms with Crippen molar-refractivity contribution in [2.75, 3.05) is 18.6 Å². The van der Waals surface area contributed by atoms with Gasteiger partial charge in [-0.25, -0.2) is 0 Å². The van der Waals surface area contributed by atoms with Crippen molar-refractivity contribution in [2.24, 2.45) is 0 Å². The standard InChI is InChI=1S/C18H20ClNOS2/c1-22-12-14-2-6-16(7-3-14)18(21)20-10-11-23-13-15-4-8-17(19)9-5-15/h2-9H,10-13H2,1H3,(H,20,21). The lowest BCUT2D eigenvalue weighted by atomic mass is 10.1. The van der Waals surface area contributed by atoms with Gasteiger partial charge in [-0.05, 0) is 41.6 Å². The van der Waals surface area contributed by atoms with Crippen LogP contribution in [0.15, 0.2) is 48.5 Å². The van der Waals surface area contributed by atoms with E-state index in [0.29, 0.717) is 6.54 Å². The lowest BCUT2D eigenvalue weighted by Crippen LogP contribution is -2.25. The minimum atomic E-state index is -0.00667. The number of amides is 1. The molecule has 0 aliphatic heterocycles. The van der Waals surface area contributed by atoms with Crippen LogP contribution in [0.4, 0.5) is 0 Å². The van der Waals surface area contributed by atoms with Crippen molar-refractivity contribution in [1.29, 1.82) is 0 Å². The van der Waals surface area contributed by atoms with E-state index in [1.54, 1.807) is 23.5 Å². The summed E-state index contributed by atoms with van der Waals surface area (Å²) in [7, 11) is 0. The van der Waals surface area contributed by atoms with Crippen LogP contribution in [0, 0.1) is 0 Å². The van der Waals surface area contributed by atoms with Crippen molar-refractivity contribution in [3.63, 3.8) is 0 Å². The van der Waals surface area contributed by atoms with E-state index in [1.165, 1.54) is 11.1 Å². The third kappa shape index (κ3) is 6.50. The zero-order valence-corrected chi connectivity index (χ0v) is 15.4. The van der Waals surface area contributed by atoms with E-state index in [0.717, 1.165) is 27.8 Å². The van der Waals surface area contributed by atoms with Gasteiger partial charge in [0.1, 0.15) is 0 Å². The van der Waals surface area contributed by atoms with Gasteiger partial charge < -0.3 is 5.32 Å². The van der Waals surface area contributed by atoms with Crippen molar-refractivity contribution in [3.05, 3.63) is 70.2 Å². The van der Waals surface area contributed by atoms with Crippen LogP contribution in [0.1, 0.15) is 21.5 Å². The number of rotatable bonds is 8. The average molecular weight is 366 g/mol. The molecule has 0 spiro atoms. The van der Waals surface area contributed by atoms with Crippen molar-refractivity contribution in [1.82, 2.24) is 5.32 Å². The Morgan fingerprint density at radius 2 is 1.61 bits per heavy atom. The number of hydrogen-bond acceptors (Lipinski definition) is 3. The van der Waals surface area contributed by atoms with E-state index in [1.807, 2.05) is 48.5 Å². The predicted molar refractivity (Wildman–Crippen MR) is 104 cm³/mol. The summed E-state index contributed by atoms with van der Waals surface area (Å²) in [6.07, 6.45) is 2.07. The lowest BCUT2D eigenvalue weighted by Gasteiger charge is -2.06. The van der Waals surface area contributed by atoms with E-state index < -0.39 is 0 Å². The molecule has 0 saturated carbocycles. The molecule has 0 saturated heterocycles. The Hall–Kier alpha value is -1.10. The summed E-state index contributed by atoms with van der Waals surface area (Å²) in [5.41, 5.74) is 3.21. The van der Waals surface area contributed by atoms with Crippen LogP contribution < -0.4 is 5.32 Å². The first kappa shape index (κ1) is 18.2. The van der Waals surface area contributed by atoms with Crippen LogP contribution in [0.2, 0.25) is 5.02 Å². The molecule has 1 N–H and O–H groups in total. The van der Waals surface area contributed by atoms with E-state index >= 15 is 0 Å². The topological polar surface area (TPSA) is 29.1 Å². The Morgan fingerprint density at radius 3 is 2.26 bits per heavy atom. The van der Waals surface area contributed by atoms with Crippen molar-refractivity contribution < 1.29 is 4.79 Å². The van der Waals surface area contributed by atoms with Gasteiger partial charge in [-0.15, -0.1) is 0 Å². The zero-order valence-electron chi connectivity index (χ0n) is 13.0. The highest BCUT2D eigenvalue weighted by Gasteiger charge is 2.04. The van der Waals surface area contributed by atoms with E-state index in [2.05, 4.69) is 11.6 Å². The van der Waals surface area contributed by atoms with Gasteiger partial charge in [0.25, 0.3) is 5.91 Å². The fraction of sp³-hybridized carbons (Fsp3) is 0.278. The van der Waals surface area contributed by atoms with Crippen LogP contribution in [0.5, 0.6) is 0 Å². The second-order valence-electron chi connectivity index (χ2n) is 5.06. The van der Waals surface area contributed by atoms with E-state index in [-0.39, 0.29) is 5.91 Å². The summed E-state index contributed by atoms with van der Waals surface area (Å²) < 4.78 is 0. The molecule has 2 rings (SSSR count). The minimum absolute atomic E-state index is 0.00667. The maximum Gasteiger partial charge on any atom is 0.251 e. The van der Waals surface area contributed by atoms with Crippen molar-refractivity contribution >= 4 is 41.0 Å². The molecule has 2 nitrogen and oxygen atoms in total. The van der Waals surface area contributed by atoms with Gasteiger partial charge in [-0.2, -0.15) is 23.5 Å². The summed E-state index contributed by atoms with van der Waals surface area (Å²) in [5.74, 6) is 2.78. The molecule has 0 radical (unpaired) electrons. The van der Waals surface area contributed by atoms with Gasteiger partial charge in [0.15, 0.2) is 0 Å². The predicted octanol–water partition coefficient (Wildman–Crippen LogP) is 4.87. The molecular weight excluding hydrogens is 346 g/mol. The van der Waals surface area contributed by atoms with Crippen LogP contribution >= 0.6 is 35.1 Å². The highest BCUT2D eigenvalue weighted by molar-refractivity contribution is 7.98.